The van der Waals surface area contributed by atoms with Crippen LogP contribution >= 0.6 is 0 Å². The highest BCUT2D eigenvalue weighted by Gasteiger charge is 1.95. The van der Waals surface area contributed by atoms with E-state index in [-0.39, 0.29) is 12.8 Å². The largest absolute Gasteiger partial charge is 0.0533 e. The van der Waals surface area contributed by atoms with E-state index in [9.17, 15) is 0 Å². The monoisotopic (exact) mass is 90.1 g/mol. The number of hydrogen-bond donors (Lipinski definition) is 0. The van der Waals surface area contributed by atoms with Gasteiger partial charge < -0.3 is 0 Å². The van der Waals surface area contributed by atoms with Crippen molar-refractivity contribution in [1.82, 2.24) is 0 Å². The first-order valence-corrected chi connectivity index (χ1v) is 2.21. The van der Waals surface area contributed by atoms with Crippen molar-refractivity contribution >= 4 is 0 Å². The van der Waals surface area contributed by atoms with Gasteiger partial charge in [-0.25, -0.2) is 0 Å². The van der Waals surface area contributed by atoms with Crippen LogP contribution in [0.2, 0.25) is 0 Å². The van der Waals surface area contributed by atoms with Crippen LogP contribution in [0.5, 0.6) is 0 Å². The minimum atomic E-state index is -2.36. The molecule has 0 heterocycles. The third kappa shape index (κ3) is 1.00. The quantitative estimate of drug-likeness (QED) is 0.428. The second kappa shape index (κ2) is 2.22. The summed E-state index contributed by atoms with van der Waals surface area (Å²) in [5.41, 5.74) is 0. The van der Waals surface area contributed by atoms with Crippen molar-refractivity contribution in [3.05, 3.63) is 0 Å². The van der Waals surface area contributed by atoms with E-state index in [4.69, 9.17) is 8.22 Å². The van der Waals surface area contributed by atoms with Gasteiger partial charge in [0.15, 0.2) is 0 Å². The van der Waals surface area contributed by atoms with Crippen molar-refractivity contribution in [3.8, 4) is 0 Å². The Bertz CT molecular complexity index is 166. The summed E-state index contributed by atoms with van der Waals surface area (Å²) in [6.07, 6.45) is -5.79. The Hall–Kier alpha value is 0. The highest BCUT2D eigenvalue weighted by Crippen LogP contribution is 2.15. The van der Waals surface area contributed by atoms with Crippen molar-refractivity contribution < 1.29 is 8.22 Å². The molecule has 0 amide bonds. The average molecular weight is 90.2 g/mol. The molecule has 0 aromatic carbocycles. The third-order valence-corrected chi connectivity index (χ3v) is 0.780. The van der Waals surface area contributed by atoms with Gasteiger partial charge in [0.05, 0.1) is 0 Å². The molecule has 0 nitrogen and oxygen atoms in total. The molecule has 0 atom stereocenters. The summed E-state index contributed by atoms with van der Waals surface area (Å²) in [4.78, 5) is 0. The predicted molar refractivity (Wildman–Crippen MR) is 27.7 cm³/mol. The molecular weight excluding hydrogens is 72.1 g/mol. The van der Waals surface area contributed by atoms with E-state index in [1.807, 2.05) is 0 Å². The van der Waals surface area contributed by atoms with Crippen LogP contribution in [0.1, 0.15) is 46.6 Å². The number of hydrogen-bond acceptors (Lipinski definition) is 0. The second-order valence-corrected chi connectivity index (χ2v) is 1.33. The first-order chi connectivity index (χ1) is 5.21. The summed E-state index contributed by atoms with van der Waals surface area (Å²) in [6, 6.07) is 0. The van der Waals surface area contributed by atoms with Crippen LogP contribution in [-0.4, -0.2) is 0 Å². The zero-order valence-corrected chi connectivity index (χ0v) is 3.62. The summed E-state index contributed by atoms with van der Waals surface area (Å²) in [7, 11) is 0. The van der Waals surface area contributed by atoms with E-state index in [1.165, 1.54) is 0 Å². The minimum absolute atomic E-state index is 0.111. The van der Waals surface area contributed by atoms with Gasteiger partial charge >= 0.3 is 0 Å². The molecule has 0 bridgehead atoms. The molecule has 1 fully saturated rings. The van der Waals surface area contributed by atoms with E-state index in [0.717, 1.165) is 0 Å². The fraction of sp³-hybridized carbons (Fsp3) is 1.00. The summed E-state index contributed by atoms with van der Waals surface area (Å²) >= 11 is 0. The first kappa shape index (κ1) is 1.04. The van der Waals surface area contributed by atoms with Gasteiger partial charge in [-0.15, -0.1) is 0 Å². The van der Waals surface area contributed by atoms with Gasteiger partial charge in [0.1, 0.15) is 0 Å². The van der Waals surface area contributed by atoms with Crippen LogP contribution in [-0.2, 0) is 0 Å². The molecule has 0 spiro atoms. The zero-order chi connectivity index (χ0) is 9.62. The van der Waals surface area contributed by atoms with Crippen LogP contribution in [0.25, 0.3) is 0 Å². The molecule has 0 saturated heterocycles. The Morgan fingerprint density at radius 2 is 1.50 bits per heavy atom. The lowest BCUT2D eigenvalue weighted by atomic mass is 10.0. The highest BCUT2D eigenvalue weighted by atomic mass is 14.0. The Morgan fingerprint density at radius 3 is 2.00 bits per heavy atom. The fourth-order valence-corrected chi connectivity index (χ4v) is 0.453. The van der Waals surface area contributed by atoms with Crippen molar-refractivity contribution in [1.29, 1.82) is 0 Å². The lowest BCUT2D eigenvalue weighted by Crippen LogP contribution is -1.85. The summed E-state index contributed by atoms with van der Waals surface area (Å²) in [6.45, 7) is 0. The summed E-state index contributed by atoms with van der Waals surface area (Å²) < 4.78 is 44.0. The van der Waals surface area contributed by atoms with E-state index in [1.54, 1.807) is 0 Å². The SMILES string of the molecule is [2H]C1([2H])CCCC([2H])([2H])C1([2H])[2H]. The molecule has 0 unspecified atom stereocenters. The lowest BCUT2D eigenvalue weighted by molar-refractivity contribution is 0.504. The van der Waals surface area contributed by atoms with Crippen LogP contribution in [0.4, 0.5) is 0 Å². The maximum absolute atomic E-state index is 7.35. The van der Waals surface area contributed by atoms with Crippen LogP contribution in [0.3, 0.4) is 0 Å². The molecule has 1 aliphatic rings. The number of rotatable bonds is 0. The molecule has 0 aromatic rings. The van der Waals surface area contributed by atoms with E-state index in [0.29, 0.717) is 6.42 Å². The van der Waals surface area contributed by atoms with Crippen LogP contribution < -0.4 is 0 Å². The molecule has 1 rings (SSSR count). The Morgan fingerprint density at radius 1 is 0.833 bits per heavy atom. The van der Waals surface area contributed by atoms with Crippen LogP contribution in [0, 0.1) is 0 Å². The van der Waals surface area contributed by atoms with Crippen molar-refractivity contribution in [2.24, 2.45) is 0 Å². The maximum atomic E-state index is 7.35. The molecule has 1 aliphatic carbocycles. The molecule has 0 N–H and O–H groups in total. The zero-order valence-electron chi connectivity index (χ0n) is 9.62. The van der Waals surface area contributed by atoms with E-state index >= 15 is 0 Å². The molecule has 1 saturated carbocycles. The van der Waals surface area contributed by atoms with E-state index < -0.39 is 19.1 Å². The molecule has 0 radical (unpaired) electrons. The van der Waals surface area contributed by atoms with Crippen molar-refractivity contribution in [2.75, 3.05) is 0 Å². The Kier molecular flexibility index (Phi) is 0.386. The molecule has 0 heteroatoms. The molecule has 6 heavy (non-hydrogen) atoms. The van der Waals surface area contributed by atoms with Gasteiger partial charge in [-0.1, -0.05) is 38.4 Å². The highest BCUT2D eigenvalue weighted by molar-refractivity contribution is 4.51. The van der Waals surface area contributed by atoms with Gasteiger partial charge in [0.2, 0.25) is 0 Å². The van der Waals surface area contributed by atoms with Crippen molar-refractivity contribution in [2.45, 2.75) is 38.4 Å². The maximum Gasteiger partial charge on any atom is 0.0267 e. The molecular formula is C6H12. The normalized spacial score (nSPS) is 64.0. The standard InChI is InChI=1S/C6H12/c1-2-4-6-5-3-1/h1-6H2/i1D2,2D2,3D2. The van der Waals surface area contributed by atoms with Gasteiger partial charge in [-0.3, -0.25) is 0 Å². The third-order valence-electron chi connectivity index (χ3n) is 0.780. The van der Waals surface area contributed by atoms with Gasteiger partial charge in [0, 0.05) is 8.22 Å². The van der Waals surface area contributed by atoms with Crippen molar-refractivity contribution in [3.63, 3.8) is 0 Å². The van der Waals surface area contributed by atoms with Gasteiger partial charge in [-0.05, 0) is 0 Å². The van der Waals surface area contributed by atoms with Gasteiger partial charge in [0.25, 0.3) is 0 Å². The average Bonchev–Trinajstić information content (AvgIpc) is 1.83. The minimum Gasteiger partial charge on any atom is -0.0533 e. The Balaban J connectivity index is 2.99. The fourth-order valence-electron chi connectivity index (χ4n) is 0.453. The lowest BCUT2D eigenvalue weighted by Gasteiger charge is -2.05. The van der Waals surface area contributed by atoms with Crippen LogP contribution in [0.15, 0.2) is 0 Å². The molecule has 0 aromatic heterocycles. The Labute approximate surface area is 48.0 Å². The smallest absolute Gasteiger partial charge is 0.0267 e. The second-order valence-electron chi connectivity index (χ2n) is 1.33. The summed E-state index contributed by atoms with van der Waals surface area (Å²) in [5.74, 6) is 0. The topological polar surface area (TPSA) is 0 Å². The van der Waals surface area contributed by atoms with Gasteiger partial charge in [-0.2, -0.15) is 0 Å². The first-order valence-electron chi connectivity index (χ1n) is 5.21. The molecule has 36 valence electrons. The summed E-state index contributed by atoms with van der Waals surface area (Å²) in [5, 5.41) is 0. The molecule has 0 aliphatic heterocycles. The predicted octanol–water partition coefficient (Wildman–Crippen LogP) is 2.34. The van der Waals surface area contributed by atoms with E-state index in [2.05, 4.69) is 0 Å².